The van der Waals surface area contributed by atoms with Crippen LogP contribution in [0.5, 0.6) is 0 Å². The Hall–Kier alpha value is -2.50. The molecule has 0 radical (unpaired) electrons. The van der Waals surface area contributed by atoms with Gasteiger partial charge < -0.3 is 25.7 Å². The van der Waals surface area contributed by atoms with Gasteiger partial charge in [0.05, 0.1) is 12.2 Å². The smallest absolute Gasteiger partial charge is 0.395 e. The van der Waals surface area contributed by atoms with E-state index in [-0.39, 0.29) is 37.9 Å². The van der Waals surface area contributed by atoms with Gasteiger partial charge in [-0.15, -0.1) is 0 Å². The van der Waals surface area contributed by atoms with Crippen LogP contribution in [0.2, 0.25) is 0 Å². The molecule has 2 rings (SSSR count). The highest BCUT2D eigenvalue weighted by Gasteiger charge is 2.30. The average molecular weight is 417 g/mol. The number of alkyl halides is 3. The van der Waals surface area contributed by atoms with Gasteiger partial charge in [-0.2, -0.15) is 17.6 Å². The molecule has 1 heterocycles. The van der Waals surface area contributed by atoms with Crippen LogP contribution in [0, 0.1) is 5.82 Å². The lowest BCUT2D eigenvalue weighted by molar-refractivity contribution is -0.137. The van der Waals surface area contributed by atoms with Gasteiger partial charge in [0.25, 0.3) is 0 Å². The normalized spacial score (nSPS) is 12.7. The highest BCUT2D eigenvalue weighted by molar-refractivity contribution is 5.51. The van der Waals surface area contributed by atoms with Crippen LogP contribution in [0.1, 0.15) is 18.1 Å². The van der Waals surface area contributed by atoms with Crippen molar-refractivity contribution in [3.63, 3.8) is 0 Å². The van der Waals surface area contributed by atoms with E-state index in [0.717, 1.165) is 18.5 Å². The van der Waals surface area contributed by atoms with Gasteiger partial charge in [-0.1, -0.05) is 12.1 Å². The zero-order valence-electron chi connectivity index (χ0n) is 15.7. The molecular formula is C18H23F4N5O2. The molecule has 11 heteroatoms. The third-order valence-electron chi connectivity index (χ3n) is 4.04. The van der Waals surface area contributed by atoms with Crippen LogP contribution in [0.4, 0.5) is 29.2 Å². The van der Waals surface area contributed by atoms with Crippen molar-refractivity contribution in [2.24, 2.45) is 0 Å². The Balaban J connectivity index is 2.12. The molecule has 0 aliphatic rings. The summed E-state index contributed by atoms with van der Waals surface area (Å²) < 4.78 is 52.9. The zero-order valence-corrected chi connectivity index (χ0v) is 15.7. The molecule has 0 fully saturated rings. The molecule has 0 aliphatic carbocycles. The first kappa shape index (κ1) is 22.8. The van der Waals surface area contributed by atoms with Crippen molar-refractivity contribution in [3.05, 3.63) is 47.5 Å². The van der Waals surface area contributed by atoms with Gasteiger partial charge in [0.15, 0.2) is 11.6 Å². The fraction of sp³-hybridized carbons (Fsp3) is 0.444. The van der Waals surface area contributed by atoms with Crippen LogP contribution in [-0.4, -0.2) is 52.7 Å². The van der Waals surface area contributed by atoms with Crippen molar-refractivity contribution >= 4 is 11.6 Å². The number of nitrogens with one attached hydrogen (secondary N) is 2. The summed E-state index contributed by atoms with van der Waals surface area (Å²) in [6.45, 7) is 2.47. The predicted molar refractivity (Wildman–Crippen MR) is 99.7 cm³/mol. The second-order valence-corrected chi connectivity index (χ2v) is 6.16. The maximum Gasteiger partial charge on any atom is 0.416 e. The first-order chi connectivity index (χ1) is 13.8. The molecule has 0 saturated carbocycles. The van der Waals surface area contributed by atoms with Crippen LogP contribution >= 0.6 is 0 Å². The number of hydrogen-bond donors (Lipinski definition) is 4. The minimum atomic E-state index is -4.42. The second kappa shape index (κ2) is 10.3. The molecule has 1 aromatic heterocycles. The van der Waals surface area contributed by atoms with Crippen LogP contribution in [0.15, 0.2) is 30.6 Å². The largest absolute Gasteiger partial charge is 0.416 e. The van der Waals surface area contributed by atoms with E-state index in [2.05, 4.69) is 20.6 Å². The topological polar surface area (TPSA) is 93.5 Å². The molecular weight excluding hydrogens is 394 g/mol. The maximum atomic E-state index is 14.8. The van der Waals surface area contributed by atoms with E-state index >= 15 is 0 Å². The van der Waals surface area contributed by atoms with E-state index in [4.69, 9.17) is 5.11 Å². The first-order valence-electron chi connectivity index (χ1n) is 8.94. The standard InChI is InChI=1S/C18H23F4N5O2/c1-2-27(10-12-3-5-13(6-4-12)18(20,21)22)17-15(19)16(24-11-25-17)26-14(29)9-23-7-8-28/h3-6,11,14,23,28-29H,2,7-10H2,1H3,(H,24,25,26). The number of halogens is 4. The van der Waals surface area contributed by atoms with Crippen LogP contribution < -0.4 is 15.5 Å². The van der Waals surface area contributed by atoms with E-state index in [1.54, 1.807) is 11.8 Å². The fourth-order valence-electron chi connectivity index (χ4n) is 2.56. The van der Waals surface area contributed by atoms with Crippen molar-refractivity contribution < 1.29 is 27.8 Å². The summed E-state index contributed by atoms with van der Waals surface area (Å²) in [6.07, 6.45) is -4.44. The molecule has 0 saturated heterocycles. The summed E-state index contributed by atoms with van der Waals surface area (Å²) >= 11 is 0. The molecule has 0 aliphatic heterocycles. The van der Waals surface area contributed by atoms with E-state index in [1.165, 1.54) is 12.1 Å². The van der Waals surface area contributed by atoms with E-state index in [9.17, 15) is 22.7 Å². The van der Waals surface area contributed by atoms with E-state index in [0.29, 0.717) is 12.1 Å². The van der Waals surface area contributed by atoms with Crippen molar-refractivity contribution in [3.8, 4) is 0 Å². The molecule has 1 aromatic carbocycles. The van der Waals surface area contributed by atoms with Crippen LogP contribution in [0.3, 0.4) is 0 Å². The monoisotopic (exact) mass is 417 g/mol. The Morgan fingerprint density at radius 1 is 1.17 bits per heavy atom. The Kier molecular flexibility index (Phi) is 8.11. The fourth-order valence-corrected chi connectivity index (χ4v) is 2.56. The number of anilines is 2. The minimum Gasteiger partial charge on any atom is -0.395 e. The number of nitrogens with zero attached hydrogens (tertiary/aromatic N) is 3. The number of aliphatic hydroxyl groups is 2. The number of benzene rings is 1. The number of rotatable bonds is 10. The Morgan fingerprint density at radius 2 is 1.86 bits per heavy atom. The lowest BCUT2D eigenvalue weighted by Crippen LogP contribution is -2.35. The molecule has 1 unspecified atom stereocenters. The molecule has 29 heavy (non-hydrogen) atoms. The van der Waals surface area contributed by atoms with Crippen molar-refractivity contribution in [1.82, 2.24) is 15.3 Å². The lowest BCUT2D eigenvalue weighted by atomic mass is 10.1. The highest BCUT2D eigenvalue weighted by atomic mass is 19.4. The summed E-state index contributed by atoms with van der Waals surface area (Å²) in [5.41, 5.74) is -0.201. The summed E-state index contributed by atoms with van der Waals surface area (Å²) in [5.74, 6) is -1.04. The molecule has 160 valence electrons. The minimum absolute atomic E-state index is 0.0413. The highest BCUT2D eigenvalue weighted by Crippen LogP contribution is 2.29. The summed E-state index contributed by atoms with van der Waals surface area (Å²) in [6, 6.07) is 4.62. The van der Waals surface area contributed by atoms with Gasteiger partial charge in [0.1, 0.15) is 12.6 Å². The second-order valence-electron chi connectivity index (χ2n) is 6.16. The quantitative estimate of drug-likeness (QED) is 0.267. The first-order valence-corrected chi connectivity index (χ1v) is 8.94. The third kappa shape index (κ3) is 6.51. The third-order valence-corrected chi connectivity index (χ3v) is 4.04. The van der Waals surface area contributed by atoms with Gasteiger partial charge >= 0.3 is 6.18 Å². The molecule has 1 atom stereocenters. The number of aliphatic hydroxyl groups excluding tert-OH is 2. The molecule has 4 N–H and O–H groups in total. The Bertz CT molecular complexity index is 774. The van der Waals surface area contributed by atoms with Gasteiger partial charge in [-0.05, 0) is 24.6 Å². The lowest BCUT2D eigenvalue weighted by Gasteiger charge is -2.24. The van der Waals surface area contributed by atoms with Gasteiger partial charge in [-0.3, -0.25) is 0 Å². The van der Waals surface area contributed by atoms with Crippen LogP contribution in [0.25, 0.3) is 0 Å². The van der Waals surface area contributed by atoms with Crippen molar-refractivity contribution in [2.45, 2.75) is 25.9 Å². The predicted octanol–water partition coefficient (Wildman–Crippen LogP) is 1.97. The van der Waals surface area contributed by atoms with E-state index < -0.39 is 23.8 Å². The molecule has 0 spiro atoms. The van der Waals surface area contributed by atoms with Crippen LogP contribution in [-0.2, 0) is 12.7 Å². The molecule has 7 nitrogen and oxygen atoms in total. The SMILES string of the molecule is CCN(Cc1ccc(C(F)(F)F)cc1)c1ncnc(NC(O)CNCCO)c1F. The Morgan fingerprint density at radius 3 is 2.45 bits per heavy atom. The zero-order chi connectivity index (χ0) is 21.4. The van der Waals surface area contributed by atoms with Crippen molar-refractivity contribution in [2.75, 3.05) is 36.5 Å². The molecule has 2 aromatic rings. The summed E-state index contributed by atoms with van der Waals surface area (Å²) in [7, 11) is 0. The molecule has 0 bridgehead atoms. The Labute approximate surface area is 165 Å². The number of hydrogen-bond acceptors (Lipinski definition) is 7. The number of aromatic nitrogens is 2. The summed E-state index contributed by atoms with van der Waals surface area (Å²) in [4.78, 5) is 9.26. The average Bonchev–Trinajstić information content (AvgIpc) is 2.68. The van der Waals surface area contributed by atoms with E-state index in [1.807, 2.05) is 0 Å². The maximum absolute atomic E-state index is 14.8. The van der Waals surface area contributed by atoms with Gasteiger partial charge in [0.2, 0.25) is 5.82 Å². The van der Waals surface area contributed by atoms with Crippen molar-refractivity contribution in [1.29, 1.82) is 0 Å². The van der Waals surface area contributed by atoms with Gasteiger partial charge in [-0.25, -0.2) is 9.97 Å². The molecule has 0 amide bonds. The summed E-state index contributed by atoms with van der Waals surface area (Å²) in [5, 5.41) is 23.8. The van der Waals surface area contributed by atoms with Gasteiger partial charge in [0, 0.05) is 26.2 Å².